The molecule has 0 aliphatic rings. The van der Waals surface area contributed by atoms with Crippen molar-refractivity contribution in [3.63, 3.8) is 0 Å². The molecule has 0 heterocycles. The summed E-state index contributed by atoms with van der Waals surface area (Å²) in [7, 11) is 0. The third-order valence-electron chi connectivity index (χ3n) is 2.19. The van der Waals surface area contributed by atoms with Crippen LogP contribution in [0.5, 0.6) is 0 Å². The van der Waals surface area contributed by atoms with E-state index in [1.54, 1.807) is 11.8 Å². The fourth-order valence-corrected chi connectivity index (χ4v) is 1.99. The van der Waals surface area contributed by atoms with Crippen LogP contribution in [0.1, 0.15) is 46.0 Å². The van der Waals surface area contributed by atoms with E-state index in [-0.39, 0.29) is 5.97 Å². The van der Waals surface area contributed by atoms with Gasteiger partial charge in [0.25, 0.3) is 0 Å². The van der Waals surface area contributed by atoms with Crippen LogP contribution in [-0.4, -0.2) is 30.3 Å². The number of hydrogen-bond donors (Lipinski definition) is 0. The summed E-state index contributed by atoms with van der Waals surface area (Å²) in [6, 6.07) is 0. The van der Waals surface area contributed by atoms with Gasteiger partial charge in [0.05, 0.1) is 18.5 Å². The molecule has 0 radical (unpaired) electrons. The normalized spacial score (nSPS) is 12.4. The van der Waals surface area contributed by atoms with Gasteiger partial charge in [0.2, 0.25) is 0 Å². The highest BCUT2D eigenvalue weighted by Crippen LogP contribution is 2.11. The summed E-state index contributed by atoms with van der Waals surface area (Å²) in [4.78, 5) is 11.1. The maximum Gasteiger partial charge on any atom is 0.315 e. The molecule has 0 bridgehead atoms. The van der Waals surface area contributed by atoms with Gasteiger partial charge in [-0.2, -0.15) is 11.8 Å². The van der Waals surface area contributed by atoms with E-state index in [9.17, 15) is 9.18 Å². The van der Waals surface area contributed by atoms with Gasteiger partial charge < -0.3 is 4.74 Å². The topological polar surface area (TPSA) is 26.3 Å². The van der Waals surface area contributed by atoms with E-state index in [0.29, 0.717) is 25.2 Å². The number of carbonyl (C=O) groups is 1. The largest absolute Gasteiger partial charge is 0.465 e. The summed E-state index contributed by atoms with van der Waals surface area (Å²) in [6.45, 7) is 4.35. The highest BCUT2D eigenvalue weighted by atomic mass is 32.2. The SMILES string of the molecule is CCCOC(=O)CSCCCCC(F)CC. The molecule has 0 rings (SSSR count). The number of esters is 1. The Morgan fingerprint density at radius 1 is 1.38 bits per heavy atom. The first-order valence-corrected chi connectivity index (χ1v) is 7.23. The first-order chi connectivity index (χ1) is 7.70. The second kappa shape index (κ2) is 11.2. The van der Waals surface area contributed by atoms with Crippen molar-refractivity contribution in [2.24, 2.45) is 0 Å². The van der Waals surface area contributed by atoms with Gasteiger partial charge in [-0.25, -0.2) is 4.39 Å². The molecule has 1 atom stereocenters. The van der Waals surface area contributed by atoms with Crippen molar-refractivity contribution in [3.8, 4) is 0 Å². The Kier molecular flexibility index (Phi) is 11.1. The van der Waals surface area contributed by atoms with Crippen LogP contribution in [0, 0.1) is 0 Å². The molecule has 96 valence electrons. The minimum absolute atomic E-state index is 0.135. The lowest BCUT2D eigenvalue weighted by Gasteiger charge is -2.05. The van der Waals surface area contributed by atoms with Gasteiger partial charge >= 0.3 is 5.97 Å². The lowest BCUT2D eigenvalue weighted by atomic mass is 10.1. The molecule has 0 amide bonds. The number of thioether (sulfide) groups is 1. The molecule has 0 fully saturated rings. The molecule has 0 saturated heterocycles. The molecule has 0 aliphatic heterocycles. The van der Waals surface area contributed by atoms with Crippen LogP contribution >= 0.6 is 11.8 Å². The van der Waals surface area contributed by atoms with Crippen LogP contribution in [0.15, 0.2) is 0 Å². The summed E-state index contributed by atoms with van der Waals surface area (Å²) >= 11 is 1.57. The van der Waals surface area contributed by atoms with E-state index in [1.165, 1.54) is 0 Å². The van der Waals surface area contributed by atoms with Crippen LogP contribution in [0.2, 0.25) is 0 Å². The minimum atomic E-state index is -0.653. The molecule has 0 N–H and O–H groups in total. The average Bonchev–Trinajstić information content (AvgIpc) is 2.30. The Labute approximate surface area is 102 Å². The lowest BCUT2D eigenvalue weighted by Crippen LogP contribution is -2.08. The Balaban J connectivity index is 3.17. The molecule has 0 aromatic carbocycles. The van der Waals surface area contributed by atoms with Crippen molar-refractivity contribution < 1.29 is 13.9 Å². The fourth-order valence-electron chi connectivity index (χ4n) is 1.19. The second-order valence-electron chi connectivity index (χ2n) is 3.77. The summed E-state index contributed by atoms with van der Waals surface area (Å²) in [6.07, 6.45) is 3.36. The molecule has 0 saturated carbocycles. The van der Waals surface area contributed by atoms with Crippen LogP contribution in [-0.2, 0) is 9.53 Å². The number of unbranched alkanes of at least 4 members (excludes halogenated alkanes) is 1. The van der Waals surface area contributed by atoms with Gasteiger partial charge in [-0.3, -0.25) is 4.79 Å². The molecular formula is C12H23FO2S. The van der Waals surface area contributed by atoms with Gasteiger partial charge in [0.15, 0.2) is 0 Å². The summed E-state index contributed by atoms with van der Waals surface area (Å²) in [5.41, 5.74) is 0. The van der Waals surface area contributed by atoms with Crippen molar-refractivity contribution in [3.05, 3.63) is 0 Å². The number of rotatable bonds is 10. The van der Waals surface area contributed by atoms with Crippen molar-refractivity contribution in [2.45, 2.75) is 52.1 Å². The van der Waals surface area contributed by atoms with Gasteiger partial charge in [-0.15, -0.1) is 0 Å². The van der Waals surface area contributed by atoms with E-state index >= 15 is 0 Å². The average molecular weight is 250 g/mol. The molecule has 4 heteroatoms. The van der Waals surface area contributed by atoms with Crippen molar-refractivity contribution in [1.29, 1.82) is 0 Å². The zero-order valence-corrected chi connectivity index (χ0v) is 11.2. The van der Waals surface area contributed by atoms with Gasteiger partial charge in [0.1, 0.15) is 0 Å². The Morgan fingerprint density at radius 3 is 2.75 bits per heavy atom. The van der Waals surface area contributed by atoms with Crippen LogP contribution in [0.4, 0.5) is 4.39 Å². The van der Waals surface area contributed by atoms with E-state index in [4.69, 9.17) is 4.74 Å². The Bertz CT molecular complexity index is 176. The number of hydrogen-bond acceptors (Lipinski definition) is 3. The molecule has 16 heavy (non-hydrogen) atoms. The van der Waals surface area contributed by atoms with Gasteiger partial charge in [-0.1, -0.05) is 13.8 Å². The Morgan fingerprint density at radius 2 is 2.12 bits per heavy atom. The molecule has 0 aromatic heterocycles. The standard InChI is InChI=1S/C12H23FO2S/c1-3-8-15-12(14)10-16-9-6-5-7-11(13)4-2/h11H,3-10H2,1-2H3. The number of carbonyl (C=O) groups excluding carboxylic acids is 1. The fraction of sp³-hybridized carbons (Fsp3) is 0.917. The molecule has 0 aliphatic carbocycles. The summed E-state index contributed by atoms with van der Waals surface area (Å²) in [5, 5.41) is 0. The maximum atomic E-state index is 12.8. The molecular weight excluding hydrogens is 227 g/mol. The molecule has 2 nitrogen and oxygen atoms in total. The third-order valence-corrected chi connectivity index (χ3v) is 3.20. The predicted molar refractivity (Wildman–Crippen MR) is 67.6 cm³/mol. The highest BCUT2D eigenvalue weighted by Gasteiger charge is 2.04. The molecule has 1 unspecified atom stereocenters. The quantitative estimate of drug-likeness (QED) is 0.438. The van der Waals surface area contributed by atoms with Crippen LogP contribution in [0.3, 0.4) is 0 Å². The van der Waals surface area contributed by atoms with E-state index in [2.05, 4.69) is 0 Å². The van der Waals surface area contributed by atoms with E-state index < -0.39 is 6.17 Å². The van der Waals surface area contributed by atoms with Crippen LogP contribution in [0.25, 0.3) is 0 Å². The highest BCUT2D eigenvalue weighted by molar-refractivity contribution is 7.99. The molecule has 0 spiro atoms. The van der Waals surface area contributed by atoms with Gasteiger partial charge in [-0.05, 0) is 37.9 Å². The van der Waals surface area contributed by atoms with Crippen LogP contribution < -0.4 is 0 Å². The monoisotopic (exact) mass is 250 g/mol. The third kappa shape index (κ3) is 10.3. The van der Waals surface area contributed by atoms with E-state index in [0.717, 1.165) is 25.0 Å². The maximum absolute atomic E-state index is 12.8. The molecule has 0 aromatic rings. The smallest absolute Gasteiger partial charge is 0.315 e. The Hall–Kier alpha value is -0.250. The van der Waals surface area contributed by atoms with Crippen molar-refractivity contribution in [1.82, 2.24) is 0 Å². The van der Waals surface area contributed by atoms with Crippen molar-refractivity contribution in [2.75, 3.05) is 18.1 Å². The van der Waals surface area contributed by atoms with Gasteiger partial charge in [0, 0.05) is 0 Å². The first-order valence-electron chi connectivity index (χ1n) is 6.08. The minimum Gasteiger partial charge on any atom is -0.465 e. The number of ether oxygens (including phenoxy) is 1. The second-order valence-corrected chi connectivity index (χ2v) is 4.88. The summed E-state index contributed by atoms with van der Waals surface area (Å²) < 4.78 is 17.8. The van der Waals surface area contributed by atoms with E-state index in [1.807, 2.05) is 13.8 Å². The summed E-state index contributed by atoms with van der Waals surface area (Å²) in [5.74, 6) is 1.20. The zero-order chi connectivity index (χ0) is 12.2. The van der Waals surface area contributed by atoms with Crippen molar-refractivity contribution >= 4 is 17.7 Å². The number of halogens is 1. The zero-order valence-electron chi connectivity index (χ0n) is 10.3. The lowest BCUT2D eigenvalue weighted by molar-refractivity contribution is -0.140. The number of alkyl halides is 1. The first kappa shape index (κ1) is 15.8. The predicted octanol–water partition coefficient (Wildman–Crippen LogP) is 3.59.